The first kappa shape index (κ1) is 22.3. The molecular formula is C21H20F2O5S2. The molecule has 0 N–H and O–H groups in total. The zero-order valence-electron chi connectivity index (χ0n) is 16.3. The molecule has 2 aromatic carbocycles. The molecule has 1 aliphatic rings. The van der Waals surface area contributed by atoms with Gasteiger partial charge in [0.25, 0.3) is 0 Å². The third-order valence-electron chi connectivity index (χ3n) is 4.11. The molecule has 0 unspecified atom stereocenters. The van der Waals surface area contributed by atoms with E-state index in [1.54, 1.807) is 6.07 Å². The lowest BCUT2D eigenvalue weighted by molar-refractivity contribution is -0.129. The summed E-state index contributed by atoms with van der Waals surface area (Å²) in [5.41, 5.74) is 1.68. The van der Waals surface area contributed by atoms with Gasteiger partial charge in [-0.15, -0.1) is 23.5 Å². The second-order valence-electron chi connectivity index (χ2n) is 6.03. The Balaban J connectivity index is 1.68. The number of hydrogen-bond acceptors (Lipinski definition) is 7. The molecule has 1 saturated heterocycles. The molecule has 5 nitrogen and oxygen atoms in total. The summed E-state index contributed by atoms with van der Waals surface area (Å²) in [6.45, 7) is -2.96. The van der Waals surface area contributed by atoms with E-state index in [1.807, 2.05) is 35.7 Å². The van der Waals surface area contributed by atoms with Gasteiger partial charge in [0.15, 0.2) is 23.0 Å². The van der Waals surface area contributed by atoms with Gasteiger partial charge in [-0.25, -0.2) is 4.79 Å². The average Bonchev–Trinajstić information content (AvgIpc) is 3.27. The number of methoxy groups -OCH3 is 2. The Hall–Kier alpha value is -2.39. The number of alkyl halides is 2. The van der Waals surface area contributed by atoms with E-state index in [9.17, 15) is 13.6 Å². The van der Waals surface area contributed by atoms with Crippen molar-refractivity contribution in [3.05, 3.63) is 53.6 Å². The summed E-state index contributed by atoms with van der Waals surface area (Å²) in [7, 11) is 2.87. The Labute approximate surface area is 181 Å². The van der Waals surface area contributed by atoms with E-state index in [2.05, 4.69) is 4.74 Å². The van der Waals surface area contributed by atoms with Crippen LogP contribution in [0.4, 0.5) is 8.78 Å². The van der Waals surface area contributed by atoms with E-state index in [0.717, 1.165) is 17.1 Å². The van der Waals surface area contributed by atoms with E-state index >= 15 is 0 Å². The Kier molecular flexibility index (Phi) is 7.87. The van der Waals surface area contributed by atoms with Crippen molar-refractivity contribution in [1.82, 2.24) is 0 Å². The van der Waals surface area contributed by atoms with Gasteiger partial charge in [0.1, 0.15) is 0 Å². The molecule has 9 heteroatoms. The molecule has 0 saturated carbocycles. The van der Waals surface area contributed by atoms with Gasteiger partial charge < -0.3 is 18.9 Å². The highest BCUT2D eigenvalue weighted by Crippen LogP contribution is 2.47. The van der Waals surface area contributed by atoms with Gasteiger partial charge in [-0.1, -0.05) is 12.1 Å². The summed E-state index contributed by atoms with van der Waals surface area (Å²) in [4.78, 5) is 12.2. The molecule has 0 aliphatic carbocycles. The van der Waals surface area contributed by atoms with Gasteiger partial charge in [-0.2, -0.15) is 8.78 Å². The number of carbonyl (C=O) groups excluding carboxylic acids is 1. The second kappa shape index (κ2) is 10.6. The molecule has 1 aliphatic heterocycles. The average molecular weight is 455 g/mol. The molecule has 0 atom stereocenters. The van der Waals surface area contributed by atoms with E-state index in [4.69, 9.17) is 14.2 Å². The molecule has 0 spiro atoms. The Morgan fingerprint density at radius 3 is 2.33 bits per heavy atom. The Morgan fingerprint density at radius 1 is 1.00 bits per heavy atom. The molecule has 2 aromatic rings. The fourth-order valence-electron chi connectivity index (χ4n) is 2.75. The van der Waals surface area contributed by atoms with Crippen molar-refractivity contribution in [3.8, 4) is 23.0 Å². The minimum absolute atomic E-state index is 0.0874. The highest BCUT2D eigenvalue weighted by Gasteiger charge is 2.20. The molecule has 3 rings (SSSR count). The van der Waals surface area contributed by atoms with Gasteiger partial charge in [0, 0.05) is 17.6 Å². The van der Waals surface area contributed by atoms with E-state index in [0.29, 0.717) is 21.6 Å². The van der Waals surface area contributed by atoms with Crippen molar-refractivity contribution in [3.63, 3.8) is 0 Å². The molecule has 0 aromatic heterocycles. The van der Waals surface area contributed by atoms with Gasteiger partial charge in [0.05, 0.1) is 18.8 Å². The van der Waals surface area contributed by atoms with Crippen LogP contribution < -0.4 is 18.9 Å². The topological polar surface area (TPSA) is 54.0 Å². The van der Waals surface area contributed by atoms with Crippen LogP contribution in [0.5, 0.6) is 23.0 Å². The number of esters is 1. The number of ether oxygens (including phenoxy) is 4. The fourth-order valence-corrected chi connectivity index (χ4v) is 5.59. The van der Waals surface area contributed by atoms with E-state index < -0.39 is 12.6 Å². The number of benzene rings is 2. The smallest absolute Gasteiger partial charge is 0.387 e. The summed E-state index contributed by atoms with van der Waals surface area (Å²) < 4.78 is 45.4. The number of thioether (sulfide) groups is 2. The Bertz CT molecular complexity index is 914. The van der Waals surface area contributed by atoms with Crippen LogP contribution >= 0.6 is 23.5 Å². The zero-order valence-corrected chi connectivity index (χ0v) is 17.9. The number of halogens is 2. The van der Waals surface area contributed by atoms with Crippen molar-refractivity contribution in [2.45, 2.75) is 11.2 Å². The van der Waals surface area contributed by atoms with Crippen LogP contribution in [0.1, 0.15) is 15.7 Å². The summed E-state index contributed by atoms with van der Waals surface area (Å²) >= 11 is 3.75. The minimum Gasteiger partial charge on any atom is -0.493 e. The van der Waals surface area contributed by atoms with Gasteiger partial charge >= 0.3 is 12.6 Å². The van der Waals surface area contributed by atoms with Crippen molar-refractivity contribution < 1.29 is 32.5 Å². The highest BCUT2D eigenvalue weighted by atomic mass is 32.2. The maximum atomic E-state index is 12.4. The third-order valence-corrected chi connectivity index (χ3v) is 7.21. The predicted molar refractivity (Wildman–Crippen MR) is 115 cm³/mol. The van der Waals surface area contributed by atoms with Crippen molar-refractivity contribution in [1.29, 1.82) is 0 Å². The van der Waals surface area contributed by atoms with Crippen LogP contribution in [-0.2, 0) is 4.79 Å². The van der Waals surface area contributed by atoms with Gasteiger partial charge in [-0.3, -0.25) is 0 Å². The SMILES string of the molecule is COc1cc(C2SCCS2)ccc1OC(=O)/C=C/c1ccc(OC(F)F)c(OC)c1. The molecule has 0 radical (unpaired) electrons. The summed E-state index contributed by atoms with van der Waals surface area (Å²) in [6, 6.07) is 9.88. The zero-order chi connectivity index (χ0) is 21.5. The lowest BCUT2D eigenvalue weighted by atomic mass is 10.2. The van der Waals surface area contributed by atoms with Crippen molar-refractivity contribution in [2.75, 3.05) is 25.7 Å². The predicted octanol–water partition coefficient (Wildman–Crippen LogP) is 5.40. The van der Waals surface area contributed by atoms with Crippen LogP contribution in [0.2, 0.25) is 0 Å². The summed E-state index contributed by atoms with van der Waals surface area (Å²) in [5, 5.41) is 0. The van der Waals surface area contributed by atoms with E-state index in [-0.39, 0.29) is 11.5 Å². The van der Waals surface area contributed by atoms with Crippen LogP contribution in [0, 0.1) is 0 Å². The Morgan fingerprint density at radius 2 is 1.67 bits per heavy atom. The summed E-state index contributed by atoms with van der Waals surface area (Å²) in [6.07, 6.45) is 2.72. The second-order valence-corrected chi connectivity index (χ2v) is 8.75. The fraction of sp³-hybridized carbons (Fsp3) is 0.286. The molecule has 0 bridgehead atoms. The third kappa shape index (κ3) is 5.82. The largest absolute Gasteiger partial charge is 0.493 e. The molecule has 30 heavy (non-hydrogen) atoms. The maximum absolute atomic E-state index is 12.4. The van der Waals surface area contributed by atoms with Crippen LogP contribution in [0.25, 0.3) is 6.08 Å². The lowest BCUT2D eigenvalue weighted by Crippen LogP contribution is -2.05. The maximum Gasteiger partial charge on any atom is 0.387 e. The highest BCUT2D eigenvalue weighted by molar-refractivity contribution is 8.19. The first-order valence-electron chi connectivity index (χ1n) is 8.94. The normalized spacial score (nSPS) is 14.3. The molecule has 1 fully saturated rings. The van der Waals surface area contributed by atoms with Crippen molar-refractivity contribution >= 4 is 35.6 Å². The van der Waals surface area contributed by atoms with Crippen LogP contribution in [0.15, 0.2) is 42.5 Å². The van der Waals surface area contributed by atoms with E-state index in [1.165, 1.54) is 44.6 Å². The monoisotopic (exact) mass is 454 g/mol. The number of rotatable bonds is 8. The first-order chi connectivity index (χ1) is 14.5. The lowest BCUT2D eigenvalue weighted by Gasteiger charge is -2.13. The van der Waals surface area contributed by atoms with Crippen LogP contribution in [0.3, 0.4) is 0 Å². The van der Waals surface area contributed by atoms with Gasteiger partial charge in [0.2, 0.25) is 0 Å². The molecular weight excluding hydrogens is 434 g/mol. The van der Waals surface area contributed by atoms with Gasteiger partial charge in [-0.05, 0) is 41.5 Å². The molecule has 160 valence electrons. The molecule has 1 heterocycles. The van der Waals surface area contributed by atoms with Crippen molar-refractivity contribution in [2.24, 2.45) is 0 Å². The molecule has 0 amide bonds. The minimum atomic E-state index is -2.96. The number of hydrogen-bond donors (Lipinski definition) is 0. The summed E-state index contributed by atoms with van der Waals surface area (Å²) in [5.74, 6) is 2.47. The first-order valence-corrected chi connectivity index (χ1v) is 11.0. The quantitative estimate of drug-likeness (QED) is 0.301. The number of carbonyl (C=O) groups is 1. The van der Waals surface area contributed by atoms with Crippen LogP contribution in [-0.4, -0.2) is 38.3 Å². The standard InChI is InChI=1S/C21H20F2O5S2/c1-25-17-11-13(3-6-16(17)28-21(22)23)4-8-19(24)27-15-7-5-14(12-18(15)26-2)20-29-9-10-30-20/h3-8,11-12,20-21H,9-10H2,1-2H3/b8-4+.